The van der Waals surface area contributed by atoms with Gasteiger partial charge >= 0.3 is 0 Å². The summed E-state index contributed by atoms with van der Waals surface area (Å²) < 4.78 is 66.0. The number of rotatable bonds is 7. The monoisotopic (exact) mass is 523 g/mol. The Morgan fingerprint density at radius 3 is 2.37 bits per heavy atom. The van der Waals surface area contributed by atoms with E-state index in [-0.39, 0.29) is 40.9 Å². The molecule has 2 aromatic carbocycles. The number of sulfonamides is 2. The fourth-order valence-electron chi connectivity index (χ4n) is 4.29. The number of ether oxygens (including phenoxy) is 2. The summed E-state index contributed by atoms with van der Waals surface area (Å²) in [5, 5.41) is 2.72. The van der Waals surface area contributed by atoms with Gasteiger partial charge in [-0.25, -0.2) is 16.8 Å². The van der Waals surface area contributed by atoms with Crippen LogP contribution < -0.4 is 10.1 Å². The van der Waals surface area contributed by atoms with E-state index in [9.17, 15) is 21.6 Å². The number of anilines is 1. The fourth-order valence-corrected chi connectivity index (χ4v) is 7.56. The zero-order valence-electron chi connectivity index (χ0n) is 19.4. The summed E-state index contributed by atoms with van der Waals surface area (Å²) in [6.45, 7) is 1.26. The van der Waals surface area contributed by atoms with Crippen LogP contribution in [0.2, 0.25) is 0 Å². The molecule has 2 heterocycles. The molecular weight excluding hydrogens is 494 g/mol. The molecule has 10 nitrogen and oxygen atoms in total. The van der Waals surface area contributed by atoms with Gasteiger partial charge < -0.3 is 14.8 Å². The number of nitrogens with one attached hydrogen (secondary N) is 1. The zero-order valence-corrected chi connectivity index (χ0v) is 21.1. The molecule has 0 bridgehead atoms. The SMILES string of the molecule is COc1ccc(NC(=O)[C@H]2CCCCN2S(=O)(=O)c2ccccc2)cc1S(=O)(=O)N1CCOCC1. The first-order valence-electron chi connectivity index (χ1n) is 11.4. The van der Waals surface area contributed by atoms with Crippen molar-refractivity contribution in [3.05, 3.63) is 48.5 Å². The molecule has 2 aliphatic rings. The number of hydrogen-bond acceptors (Lipinski definition) is 7. The third-order valence-electron chi connectivity index (χ3n) is 6.13. The first-order valence-corrected chi connectivity index (χ1v) is 14.3. The van der Waals surface area contributed by atoms with E-state index < -0.39 is 32.0 Å². The van der Waals surface area contributed by atoms with Gasteiger partial charge in [0.1, 0.15) is 16.7 Å². The van der Waals surface area contributed by atoms with Gasteiger partial charge in [-0.2, -0.15) is 8.61 Å². The number of carbonyl (C=O) groups excluding carboxylic acids is 1. The van der Waals surface area contributed by atoms with Gasteiger partial charge in [0.25, 0.3) is 0 Å². The Balaban J connectivity index is 1.60. The molecule has 2 saturated heterocycles. The maximum atomic E-state index is 13.2. The van der Waals surface area contributed by atoms with Crippen LogP contribution in [0.3, 0.4) is 0 Å². The number of piperidine rings is 1. The van der Waals surface area contributed by atoms with Crippen molar-refractivity contribution in [2.45, 2.75) is 35.1 Å². The lowest BCUT2D eigenvalue weighted by Gasteiger charge is -2.33. The standard InChI is InChI=1S/C23H29N3O7S2/c1-32-21-11-10-18(17-22(21)35(30,31)25-13-15-33-16-14-25)24-23(27)20-9-5-6-12-26(20)34(28,29)19-7-3-2-4-8-19/h2-4,7-8,10-11,17,20H,5-6,9,12-16H2,1H3,(H,24,27)/t20-/m1/s1. The summed E-state index contributed by atoms with van der Waals surface area (Å²) in [5.74, 6) is -0.357. The highest BCUT2D eigenvalue weighted by Gasteiger charge is 2.38. The van der Waals surface area contributed by atoms with Crippen LogP contribution in [-0.4, -0.2) is 77.4 Å². The predicted octanol–water partition coefficient (Wildman–Crippen LogP) is 1.90. The maximum Gasteiger partial charge on any atom is 0.246 e. The van der Waals surface area contributed by atoms with Crippen molar-refractivity contribution in [1.82, 2.24) is 8.61 Å². The molecule has 190 valence electrons. The van der Waals surface area contributed by atoms with Gasteiger partial charge in [-0.05, 0) is 43.2 Å². The Morgan fingerprint density at radius 2 is 1.69 bits per heavy atom. The summed E-state index contributed by atoms with van der Waals surface area (Å²) in [5.41, 5.74) is 0.241. The van der Waals surface area contributed by atoms with Gasteiger partial charge in [0.05, 0.1) is 25.2 Å². The van der Waals surface area contributed by atoms with E-state index in [1.807, 2.05) is 0 Å². The van der Waals surface area contributed by atoms with Crippen molar-refractivity contribution in [2.24, 2.45) is 0 Å². The van der Waals surface area contributed by atoms with Crippen LogP contribution in [0, 0.1) is 0 Å². The molecule has 4 rings (SSSR count). The number of nitrogens with zero attached hydrogens (tertiary/aromatic N) is 2. The molecule has 1 N–H and O–H groups in total. The van der Waals surface area contributed by atoms with Crippen molar-refractivity contribution >= 4 is 31.6 Å². The lowest BCUT2D eigenvalue weighted by atomic mass is 10.0. The maximum absolute atomic E-state index is 13.2. The fraction of sp³-hybridized carbons (Fsp3) is 0.435. The Hall–Kier alpha value is -2.51. The Morgan fingerprint density at radius 1 is 0.971 bits per heavy atom. The highest BCUT2D eigenvalue weighted by Crippen LogP contribution is 2.31. The van der Waals surface area contributed by atoms with Crippen LogP contribution in [0.15, 0.2) is 58.3 Å². The number of amides is 1. The molecule has 0 saturated carbocycles. The molecule has 0 radical (unpaired) electrons. The smallest absolute Gasteiger partial charge is 0.246 e. The molecule has 1 atom stereocenters. The molecular formula is C23H29N3O7S2. The predicted molar refractivity (Wildman–Crippen MR) is 129 cm³/mol. The van der Waals surface area contributed by atoms with Crippen molar-refractivity contribution < 1.29 is 31.1 Å². The number of benzene rings is 2. The highest BCUT2D eigenvalue weighted by atomic mass is 32.2. The van der Waals surface area contributed by atoms with E-state index in [1.54, 1.807) is 18.2 Å². The third kappa shape index (κ3) is 5.36. The van der Waals surface area contributed by atoms with Crippen LogP contribution in [-0.2, 0) is 29.6 Å². The molecule has 2 aliphatic heterocycles. The molecule has 0 aliphatic carbocycles. The Bertz CT molecular complexity index is 1260. The first kappa shape index (κ1) is 25.6. The topological polar surface area (TPSA) is 122 Å². The van der Waals surface area contributed by atoms with Gasteiger partial charge in [-0.1, -0.05) is 24.6 Å². The van der Waals surface area contributed by atoms with Crippen LogP contribution in [0.1, 0.15) is 19.3 Å². The molecule has 12 heteroatoms. The van der Waals surface area contributed by atoms with Crippen molar-refractivity contribution in [1.29, 1.82) is 0 Å². The van der Waals surface area contributed by atoms with Crippen LogP contribution in [0.4, 0.5) is 5.69 Å². The lowest BCUT2D eigenvalue weighted by molar-refractivity contribution is -0.120. The van der Waals surface area contributed by atoms with Crippen molar-refractivity contribution in [2.75, 3.05) is 45.3 Å². The van der Waals surface area contributed by atoms with E-state index in [1.165, 1.54) is 46.1 Å². The van der Waals surface area contributed by atoms with E-state index in [2.05, 4.69) is 5.32 Å². The Labute approximate surface area is 205 Å². The minimum atomic E-state index is -3.89. The Kier molecular flexibility index (Phi) is 7.77. The molecule has 2 aromatic rings. The molecule has 1 amide bonds. The second-order valence-corrected chi connectivity index (χ2v) is 12.1. The molecule has 0 unspecified atom stereocenters. The quantitative estimate of drug-likeness (QED) is 0.588. The lowest BCUT2D eigenvalue weighted by Crippen LogP contribution is -2.49. The molecule has 0 aromatic heterocycles. The minimum absolute atomic E-state index is 0.0721. The number of methoxy groups -OCH3 is 1. The van der Waals surface area contributed by atoms with Gasteiger partial charge in [0.2, 0.25) is 26.0 Å². The molecule has 35 heavy (non-hydrogen) atoms. The summed E-state index contributed by atoms with van der Waals surface area (Å²) in [4.78, 5) is 13.3. The number of hydrogen-bond donors (Lipinski definition) is 1. The average Bonchev–Trinajstić information content (AvgIpc) is 2.89. The van der Waals surface area contributed by atoms with Gasteiger partial charge in [0.15, 0.2) is 0 Å². The average molecular weight is 524 g/mol. The minimum Gasteiger partial charge on any atom is -0.495 e. The summed E-state index contributed by atoms with van der Waals surface area (Å²) >= 11 is 0. The summed E-state index contributed by atoms with van der Waals surface area (Å²) in [6.07, 6.45) is 1.73. The highest BCUT2D eigenvalue weighted by molar-refractivity contribution is 7.89. The van der Waals surface area contributed by atoms with E-state index in [4.69, 9.17) is 9.47 Å². The largest absolute Gasteiger partial charge is 0.495 e. The normalized spacial score (nSPS) is 20.3. The van der Waals surface area contributed by atoms with E-state index in [0.717, 1.165) is 0 Å². The molecule has 2 fully saturated rings. The van der Waals surface area contributed by atoms with Gasteiger partial charge in [0, 0.05) is 25.3 Å². The van der Waals surface area contributed by atoms with E-state index >= 15 is 0 Å². The van der Waals surface area contributed by atoms with Crippen LogP contribution in [0.5, 0.6) is 5.75 Å². The zero-order chi connectivity index (χ0) is 25.1. The van der Waals surface area contributed by atoms with Gasteiger partial charge in [-0.15, -0.1) is 0 Å². The second-order valence-electron chi connectivity index (χ2n) is 8.31. The van der Waals surface area contributed by atoms with Crippen LogP contribution in [0.25, 0.3) is 0 Å². The first-order chi connectivity index (χ1) is 16.7. The van der Waals surface area contributed by atoms with E-state index in [0.29, 0.717) is 32.5 Å². The third-order valence-corrected chi connectivity index (χ3v) is 9.97. The summed E-state index contributed by atoms with van der Waals surface area (Å²) in [7, 11) is -6.38. The van der Waals surface area contributed by atoms with Crippen LogP contribution >= 0.6 is 0 Å². The van der Waals surface area contributed by atoms with Crippen molar-refractivity contribution in [3.8, 4) is 5.75 Å². The van der Waals surface area contributed by atoms with Gasteiger partial charge in [-0.3, -0.25) is 4.79 Å². The molecule has 0 spiro atoms. The van der Waals surface area contributed by atoms with Crippen molar-refractivity contribution in [3.63, 3.8) is 0 Å². The summed E-state index contributed by atoms with van der Waals surface area (Å²) in [6, 6.07) is 11.5. The number of morpholine rings is 1. The second kappa shape index (κ2) is 10.6. The number of carbonyl (C=O) groups is 1.